The molecule has 1 amide bonds. The molecule has 1 aliphatic rings. The molecule has 1 aromatic carbocycles. The standard InChI is InChI=1S/C14H17ClN2O4/c1-8-7-11(19)16-17-13(8)9-3-4-10(12(15)14(9)20)21-6-2-5-18/h3-4,8,18,20H,2,5-7H2,1H3,(H,16,19). The number of rotatable bonds is 5. The van der Waals surface area contributed by atoms with Crippen molar-refractivity contribution in [2.45, 2.75) is 19.8 Å². The minimum absolute atomic E-state index is 0.0235. The first-order valence-electron chi connectivity index (χ1n) is 6.66. The number of benzene rings is 1. The Hall–Kier alpha value is -1.79. The normalized spacial score (nSPS) is 18.1. The molecule has 0 aliphatic carbocycles. The van der Waals surface area contributed by atoms with E-state index >= 15 is 0 Å². The summed E-state index contributed by atoms with van der Waals surface area (Å²) in [6.07, 6.45) is 0.791. The number of phenols is 1. The molecule has 21 heavy (non-hydrogen) atoms. The van der Waals surface area contributed by atoms with Gasteiger partial charge < -0.3 is 14.9 Å². The average Bonchev–Trinajstić information content (AvgIpc) is 2.45. The Morgan fingerprint density at radius 2 is 2.29 bits per heavy atom. The van der Waals surface area contributed by atoms with Crippen molar-refractivity contribution in [1.29, 1.82) is 0 Å². The summed E-state index contributed by atoms with van der Waals surface area (Å²) in [5.74, 6) is -0.0398. The van der Waals surface area contributed by atoms with Crippen molar-refractivity contribution < 1.29 is 19.7 Å². The van der Waals surface area contributed by atoms with Crippen LogP contribution in [-0.4, -0.2) is 35.0 Å². The summed E-state index contributed by atoms with van der Waals surface area (Å²) < 4.78 is 5.38. The lowest BCUT2D eigenvalue weighted by Gasteiger charge is -2.20. The number of aliphatic hydroxyl groups is 1. The molecule has 1 aliphatic heterocycles. The third-order valence-electron chi connectivity index (χ3n) is 3.18. The summed E-state index contributed by atoms with van der Waals surface area (Å²) in [5.41, 5.74) is 3.45. The van der Waals surface area contributed by atoms with E-state index in [0.29, 0.717) is 36.5 Å². The van der Waals surface area contributed by atoms with Gasteiger partial charge >= 0.3 is 0 Å². The molecule has 0 radical (unpaired) electrons. The molecule has 0 aromatic heterocycles. The summed E-state index contributed by atoms with van der Waals surface area (Å²) >= 11 is 6.09. The zero-order chi connectivity index (χ0) is 15.4. The molecule has 3 N–H and O–H groups in total. The van der Waals surface area contributed by atoms with Crippen molar-refractivity contribution >= 4 is 23.2 Å². The van der Waals surface area contributed by atoms with Gasteiger partial charge in [0.25, 0.3) is 0 Å². The second-order valence-electron chi connectivity index (χ2n) is 4.84. The maximum Gasteiger partial charge on any atom is 0.240 e. The SMILES string of the molecule is CC1CC(=O)NN=C1c1ccc(OCCCO)c(Cl)c1O. The van der Waals surface area contributed by atoms with E-state index in [1.165, 1.54) is 0 Å². The van der Waals surface area contributed by atoms with Crippen LogP contribution in [0.1, 0.15) is 25.3 Å². The molecule has 1 heterocycles. The van der Waals surface area contributed by atoms with Crippen LogP contribution in [-0.2, 0) is 4.79 Å². The highest BCUT2D eigenvalue weighted by molar-refractivity contribution is 6.34. The number of nitrogens with zero attached hydrogens (tertiary/aromatic N) is 1. The zero-order valence-corrected chi connectivity index (χ0v) is 12.4. The Morgan fingerprint density at radius 1 is 1.52 bits per heavy atom. The van der Waals surface area contributed by atoms with Gasteiger partial charge in [-0.25, -0.2) is 5.43 Å². The van der Waals surface area contributed by atoms with E-state index in [-0.39, 0.29) is 29.2 Å². The summed E-state index contributed by atoms with van der Waals surface area (Å²) in [5, 5.41) is 23.0. The van der Waals surface area contributed by atoms with Gasteiger partial charge in [-0.15, -0.1) is 0 Å². The largest absolute Gasteiger partial charge is 0.506 e. The van der Waals surface area contributed by atoms with Gasteiger partial charge in [0.05, 0.1) is 12.3 Å². The lowest BCUT2D eigenvalue weighted by molar-refractivity contribution is -0.121. The van der Waals surface area contributed by atoms with Crippen molar-refractivity contribution in [2.24, 2.45) is 11.0 Å². The van der Waals surface area contributed by atoms with Gasteiger partial charge in [-0.2, -0.15) is 5.10 Å². The fraction of sp³-hybridized carbons (Fsp3) is 0.429. The van der Waals surface area contributed by atoms with Crippen molar-refractivity contribution in [1.82, 2.24) is 5.43 Å². The predicted molar refractivity (Wildman–Crippen MR) is 78.8 cm³/mol. The van der Waals surface area contributed by atoms with Gasteiger partial charge in [-0.05, 0) is 12.1 Å². The Morgan fingerprint density at radius 3 is 2.95 bits per heavy atom. The Kier molecular flexibility index (Phi) is 5.03. The van der Waals surface area contributed by atoms with Gasteiger partial charge in [-0.1, -0.05) is 18.5 Å². The van der Waals surface area contributed by atoms with Crippen molar-refractivity contribution in [3.05, 3.63) is 22.7 Å². The van der Waals surface area contributed by atoms with Crippen LogP contribution in [0.5, 0.6) is 11.5 Å². The van der Waals surface area contributed by atoms with Crippen molar-refractivity contribution in [2.75, 3.05) is 13.2 Å². The molecular weight excluding hydrogens is 296 g/mol. The lowest BCUT2D eigenvalue weighted by Crippen LogP contribution is -2.32. The highest BCUT2D eigenvalue weighted by Crippen LogP contribution is 2.37. The van der Waals surface area contributed by atoms with Crippen LogP contribution in [0.15, 0.2) is 17.2 Å². The molecule has 0 spiro atoms. The maximum absolute atomic E-state index is 11.3. The number of aliphatic hydroxyl groups excluding tert-OH is 1. The van der Waals surface area contributed by atoms with E-state index in [2.05, 4.69) is 10.5 Å². The van der Waals surface area contributed by atoms with E-state index in [1.54, 1.807) is 12.1 Å². The average molecular weight is 313 g/mol. The summed E-state index contributed by atoms with van der Waals surface area (Å²) in [6.45, 7) is 2.19. The number of ether oxygens (including phenoxy) is 1. The first kappa shape index (κ1) is 15.6. The maximum atomic E-state index is 11.3. The number of halogens is 1. The molecule has 114 valence electrons. The highest BCUT2D eigenvalue weighted by atomic mass is 35.5. The summed E-state index contributed by atoms with van der Waals surface area (Å²) in [4.78, 5) is 11.3. The van der Waals surface area contributed by atoms with Crippen LogP contribution in [0.3, 0.4) is 0 Å². The second-order valence-corrected chi connectivity index (χ2v) is 5.21. The number of amides is 1. The number of hydrogen-bond donors (Lipinski definition) is 3. The monoisotopic (exact) mass is 312 g/mol. The molecule has 0 saturated carbocycles. The fourth-order valence-corrected chi connectivity index (χ4v) is 2.31. The summed E-state index contributed by atoms with van der Waals surface area (Å²) in [7, 11) is 0. The zero-order valence-electron chi connectivity index (χ0n) is 11.6. The number of phenolic OH excluding ortho intramolecular Hbond substituents is 1. The molecule has 6 nitrogen and oxygen atoms in total. The Balaban J connectivity index is 2.26. The Labute approximate surface area is 127 Å². The second kappa shape index (κ2) is 6.78. The van der Waals surface area contributed by atoms with Gasteiger partial charge in [-0.3, -0.25) is 4.79 Å². The molecule has 0 fully saturated rings. The minimum Gasteiger partial charge on any atom is -0.506 e. The molecule has 2 rings (SSSR count). The molecule has 7 heteroatoms. The van der Waals surface area contributed by atoms with Crippen LogP contribution in [0.2, 0.25) is 5.02 Å². The van der Waals surface area contributed by atoms with Crippen molar-refractivity contribution in [3.8, 4) is 11.5 Å². The molecule has 1 atom stereocenters. The Bertz CT molecular complexity index is 574. The van der Waals surface area contributed by atoms with Gasteiger partial charge in [0.1, 0.15) is 16.5 Å². The number of nitrogens with one attached hydrogen (secondary N) is 1. The van der Waals surface area contributed by atoms with Crippen LogP contribution < -0.4 is 10.2 Å². The first-order valence-corrected chi connectivity index (χ1v) is 7.04. The van der Waals surface area contributed by atoms with E-state index < -0.39 is 0 Å². The van der Waals surface area contributed by atoms with Crippen LogP contribution >= 0.6 is 11.6 Å². The molecule has 0 bridgehead atoms. The molecule has 1 aromatic rings. The van der Waals surface area contributed by atoms with E-state index in [1.807, 2.05) is 6.92 Å². The number of hydrazone groups is 1. The minimum atomic E-state index is -0.152. The first-order chi connectivity index (χ1) is 10.0. The number of carbonyl (C=O) groups excluding carboxylic acids is 1. The number of hydrogen-bond acceptors (Lipinski definition) is 5. The van der Waals surface area contributed by atoms with E-state index in [0.717, 1.165) is 0 Å². The van der Waals surface area contributed by atoms with Crippen molar-refractivity contribution in [3.63, 3.8) is 0 Å². The van der Waals surface area contributed by atoms with E-state index in [4.69, 9.17) is 21.4 Å². The van der Waals surface area contributed by atoms with Gasteiger partial charge in [0.15, 0.2) is 0 Å². The van der Waals surface area contributed by atoms with E-state index in [9.17, 15) is 9.90 Å². The molecular formula is C14H17ClN2O4. The van der Waals surface area contributed by atoms with Crippen LogP contribution in [0, 0.1) is 5.92 Å². The smallest absolute Gasteiger partial charge is 0.240 e. The summed E-state index contributed by atoms with van der Waals surface area (Å²) in [6, 6.07) is 3.29. The highest BCUT2D eigenvalue weighted by Gasteiger charge is 2.25. The fourth-order valence-electron chi connectivity index (χ4n) is 2.09. The third-order valence-corrected chi connectivity index (χ3v) is 3.54. The molecule has 0 saturated heterocycles. The topological polar surface area (TPSA) is 91.2 Å². The quantitative estimate of drug-likeness (QED) is 0.721. The number of aromatic hydroxyl groups is 1. The third kappa shape index (κ3) is 3.46. The van der Waals surface area contributed by atoms with Crippen LogP contribution in [0.25, 0.3) is 0 Å². The lowest BCUT2D eigenvalue weighted by atomic mass is 9.93. The van der Waals surface area contributed by atoms with Crippen LogP contribution in [0.4, 0.5) is 0 Å². The predicted octanol–water partition coefficient (Wildman–Crippen LogP) is 1.67. The van der Waals surface area contributed by atoms with Gasteiger partial charge in [0.2, 0.25) is 5.91 Å². The van der Waals surface area contributed by atoms with Gasteiger partial charge in [0, 0.05) is 30.9 Å². The molecule has 1 unspecified atom stereocenters. The number of carbonyl (C=O) groups is 1.